The number of carbonyl (C=O) groups is 1. The second kappa shape index (κ2) is 5.23. The summed E-state index contributed by atoms with van der Waals surface area (Å²) in [5, 5.41) is 9.69. The molecule has 0 spiro atoms. The molecule has 0 radical (unpaired) electrons. The molecule has 0 bridgehead atoms. The molecule has 1 amide bonds. The number of aliphatic hydroxyl groups excluding tert-OH is 1. The molecular formula is C11H20ClNO3. The van der Waals surface area contributed by atoms with Gasteiger partial charge in [-0.2, -0.15) is 0 Å². The van der Waals surface area contributed by atoms with Gasteiger partial charge in [-0.1, -0.05) is 0 Å². The van der Waals surface area contributed by atoms with E-state index in [9.17, 15) is 9.90 Å². The van der Waals surface area contributed by atoms with Crippen molar-refractivity contribution in [3.05, 3.63) is 0 Å². The number of hydrogen-bond acceptors (Lipinski definition) is 3. The van der Waals surface area contributed by atoms with Crippen LogP contribution in [-0.2, 0) is 4.74 Å². The lowest BCUT2D eigenvalue weighted by Crippen LogP contribution is -2.45. The third-order valence-electron chi connectivity index (χ3n) is 2.53. The largest absolute Gasteiger partial charge is 0.444 e. The zero-order valence-electron chi connectivity index (χ0n) is 10.1. The van der Waals surface area contributed by atoms with Crippen molar-refractivity contribution >= 4 is 17.7 Å². The number of aliphatic hydroxyl groups is 1. The van der Waals surface area contributed by atoms with Crippen LogP contribution in [0.25, 0.3) is 0 Å². The molecule has 2 unspecified atom stereocenters. The lowest BCUT2D eigenvalue weighted by Gasteiger charge is -2.30. The van der Waals surface area contributed by atoms with E-state index in [2.05, 4.69) is 0 Å². The number of nitrogens with zero attached hydrogens (tertiary/aromatic N) is 1. The zero-order valence-corrected chi connectivity index (χ0v) is 10.8. The highest BCUT2D eigenvalue weighted by Gasteiger charge is 2.35. The van der Waals surface area contributed by atoms with Crippen LogP contribution >= 0.6 is 11.6 Å². The molecule has 0 aliphatic carbocycles. The van der Waals surface area contributed by atoms with Crippen LogP contribution in [0.15, 0.2) is 0 Å². The average Bonchev–Trinajstić information content (AvgIpc) is 2.62. The van der Waals surface area contributed by atoms with E-state index in [1.807, 2.05) is 20.8 Å². The normalized spacial score (nSPS) is 23.3. The quantitative estimate of drug-likeness (QED) is 0.762. The van der Waals surface area contributed by atoms with Crippen LogP contribution in [0.5, 0.6) is 0 Å². The zero-order chi connectivity index (χ0) is 12.3. The first-order valence-corrected chi connectivity index (χ1v) is 6.12. The van der Waals surface area contributed by atoms with Crippen LogP contribution in [0.1, 0.15) is 33.6 Å². The van der Waals surface area contributed by atoms with E-state index in [0.29, 0.717) is 6.54 Å². The van der Waals surface area contributed by atoms with Crippen molar-refractivity contribution in [2.45, 2.75) is 51.4 Å². The highest BCUT2D eigenvalue weighted by atomic mass is 35.5. The highest BCUT2D eigenvalue weighted by Crippen LogP contribution is 2.23. The molecule has 0 aromatic rings. The van der Waals surface area contributed by atoms with Gasteiger partial charge in [0, 0.05) is 6.54 Å². The Balaban J connectivity index is 2.61. The maximum absolute atomic E-state index is 11.8. The maximum atomic E-state index is 11.8. The van der Waals surface area contributed by atoms with Crippen molar-refractivity contribution in [2.75, 3.05) is 12.4 Å². The summed E-state index contributed by atoms with van der Waals surface area (Å²) in [6, 6.07) is -0.202. The van der Waals surface area contributed by atoms with Gasteiger partial charge < -0.3 is 14.7 Å². The lowest BCUT2D eigenvalue weighted by molar-refractivity contribution is 0.00850. The van der Waals surface area contributed by atoms with Crippen LogP contribution in [-0.4, -0.2) is 46.3 Å². The van der Waals surface area contributed by atoms with E-state index in [1.54, 1.807) is 4.90 Å². The fourth-order valence-electron chi connectivity index (χ4n) is 1.84. The Morgan fingerprint density at radius 2 is 2.25 bits per heavy atom. The summed E-state index contributed by atoms with van der Waals surface area (Å²) in [7, 11) is 0. The van der Waals surface area contributed by atoms with E-state index in [1.165, 1.54) is 0 Å². The van der Waals surface area contributed by atoms with Gasteiger partial charge in [0.1, 0.15) is 5.60 Å². The third kappa shape index (κ3) is 3.52. The molecule has 0 saturated carbocycles. The summed E-state index contributed by atoms with van der Waals surface area (Å²) in [5.74, 6) is 0.143. The first-order valence-electron chi connectivity index (χ1n) is 5.59. The topological polar surface area (TPSA) is 49.8 Å². The second-order valence-corrected chi connectivity index (χ2v) is 5.41. The lowest BCUT2D eigenvalue weighted by atomic mass is 10.1. The van der Waals surface area contributed by atoms with Gasteiger partial charge in [0.2, 0.25) is 0 Å². The molecule has 94 valence electrons. The summed E-state index contributed by atoms with van der Waals surface area (Å²) in [6.45, 7) is 6.11. The number of hydrogen-bond donors (Lipinski definition) is 1. The van der Waals surface area contributed by atoms with Gasteiger partial charge in [-0.3, -0.25) is 0 Å². The predicted molar refractivity (Wildman–Crippen MR) is 62.7 cm³/mol. The van der Waals surface area contributed by atoms with E-state index >= 15 is 0 Å². The van der Waals surface area contributed by atoms with Crippen molar-refractivity contribution in [2.24, 2.45) is 0 Å². The Bertz CT molecular complexity index is 252. The number of ether oxygens (including phenoxy) is 1. The predicted octanol–water partition coefficient (Wildman–Crippen LogP) is 1.99. The van der Waals surface area contributed by atoms with Gasteiger partial charge in [-0.25, -0.2) is 4.79 Å². The molecule has 1 N–H and O–H groups in total. The van der Waals surface area contributed by atoms with Crippen LogP contribution < -0.4 is 0 Å². The van der Waals surface area contributed by atoms with Crippen molar-refractivity contribution < 1.29 is 14.6 Å². The summed E-state index contributed by atoms with van der Waals surface area (Å²) >= 11 is 5.61. The molecule has 1 fully saturated rings. The molecule has 1 aliphatic rings. The number of rotatable bonds is 2. The van der Waals surface area contributed by atoms with Gasteiger partial charge in [0.25, 0.3) is 0 Å². The van der Waals surface area contributed by atoms with Crippen molar-refractivity contribution in [3.8, 4) is 0 Å². The van der Waals surface area contributed by atoms with E-state index < -0.39 is 11.7 Å². The van der Waals surface area contributed by atoms with Gasteiger partial charge >= 0.3 is 6.09 Å². The van der Waals surface area contributed by atoms with Crippen molar-refractivity contribution in [1.82, 2.24) is 4.90 Å². The number of alkyl halides is 1. The van der Waals surface area contributed by atoms with Crippen molar-refractivity contribution in [1.29, 1.82) is 0 Å². The highest BCUT2D eigenvalue weighted by molar-refractivity contribution is 6.18. The number of carbonyl (C=O) groups excluding carboxylic acids is 1. The summed E-state index contributed by atoms with van der Waals surface area (Å²) in [4.78, 5) is 13.4. The fourth-order valence-corrected chi connectivity index (χ4v) is 2.05. The fraction of sp³-hybridized carbons (Fsp3) is 0.909. The van der Waals surface area contributed by atoms with Crippen LogP contribution in [0.4, 0.5) is 4.79 Å². The molecule has 5 heteroatoms. The van der Waals surface area contributed by atoms with Crippen molar-refractivity contribution in [3.63, 3.8) is 0 Å². The molecule has 0 aromatic heterocycles. The minimum Gasteiger partial charge on any atom is -0.444 e. The molecule has 0 aromatic carbocycles. The maximum Gasteiger partial charge on any atom is 0.410 e. The number of halogens is 1. The number of amides is 1. The van der Waals surface area contributed by atoms with Crippen LogP contribution in [0.3, 0.4) is 0 Å². The summed E-state index contributed by atoms with van der Waals surface area (Å²) in [6.07, 6.45) is 0.640. The summed E-state index contributed by atoms with van der Waals surface area (Å²) < 4.78 is 5.28. The first kappa shape index (κ1) is 13.6. The average molecular weight is 250 g/mol. The molecule has 4 nitrogen and oxygen atoms in total. The Morgan fingerprint density at radius 1 is 1.62 bits per heavy atom. The first-order chi connectivity index (χ1) is 7.35. The Morgan fingerprint density at radius 3 is 2.75 bits per heavy atom. The van der Waals surface area contributed by atoms with Gasteiger partial charge in [-0.15, -0.1) is 11.6 Å². The van der Waals surface area contributed by atoms with E-state index in [0.717, 1.165) is 12.8 Å². The minimum atomic E-state index is -0.670. The molecule has 1 saturated heterocycles. The number of likely N-dealkylation sites (tertiary alicyclic amines) is 1. The molecule has 1 rings (SSSR count). The Labute approximate surface area is 102 Å². The van der Waals surface area contributed by atoms with E-state index in [-0.39, 0.29) is 18.0 Å². The Kier molecular flexibility index (Phi) is 4.44. The molecule has 16 heavy (non-hydrogen) atoms. The monoisotopic (exact) mass is 249 g/mol. The second-order valence-electron chi connectivity index (χ2n) is 5.10. The standard InChI is InChI=1S/C11H20ClNO3/c1-11(2,3)16-10(15)13-6-4-5-8(13)9(14)7-12/h8-9,14H,4-7H2,1-3H3. The molecule has 2 atom stereocenters. The molecular weight excluding hydrogens is 230 g/mol. The SMILES string of the molecule is CC(C)(C)OC(=O)N1CCCC1C(O)CCl. The van der Waals surface area contributed by atoms with Gasteiger partial charge in [0.15, 0.2) is 0 Å². The Hall–Kier alpha value is -0.480. The van der Waals surface area contributed by atoms with E-state index in [4.69, 9.17) is 16.3 Å². The van der Waals surface area contributed by atoms with Gasteiger partial charge in [0.05, 0.1) is 18.0 Å². The van der Waals surface area contributed by atoms with Crippen LogP contribution in [0, 0.1) is 0 Å². The smallest absolute Gasteiger partial charge is 0.410 e. The molecule has 1 heterocycles. The minimum absolute atomic E-state index is 0.143. The summed E-state index contributed by atoms with van der Waals surface area (Å²) in [5.41, 5.74) is -0.504. The van der Waals surface area contributed by atoms with Gasteiger partial charge in [-0.05, 0) is 33.6 Å². The van der Waals surface area contributed by atoms with Crippen LogP contribution in [0.2, 0.25) is 0 Å². The molecule has 1 aliphatic heterocycles. The third-order valence-corrected chi connectivity index (χ3v) is 2.85.